The van der Waals surface area contributed by atoms with Crippen LogP contribution in [0.2, 0.25) is 0 Å². The molecule has 1 heterocycles. The summed E-state index contributed by atoms with van der Waals surface area (Å²) in [5, 5.41) is 14.6. The number of nitrogens with one attached hydrogen (secondary N) is 2. The summed E-state index contributed by atoms with van der Waals surface area (Å²) in [4.78, 5) is 24.7. The maximum absolute atomic E-state index is 13.4. The number of rotatable bonds is 7. The van der Waals surface area contributed by atoms with Gasteiger partial charge in [-0.2, -0.15) is 0 Å². The van der Waals surface area contributed by atoms with Crippen LogP contribution in [0.1, 0.15) is 27.7 Å². The summed E-state index contributed by atoms with van der Waals surface area (Å²) < 4.78 is 15.2. The van der Waals surface area contributed by atoms with Gasteiger partial charge in [0.15, 0.2) is 11.0 Å². The summed E-state index contributed by atoms with van der Waals surface area (Å²) in [6, 6.07) is 14.8. The number of amides is 2. The fourth-order valence-corrected chi connectivity index (χ4v) is 3.68. The molecule has 0 aliphatic carbocycles. The summed E-state index contributed by atoms with van der Waals surface area (Å²) in [6.45, 7) is 7.28. The van der Waals surface area contributed by atoms with E-state index in [-0.39, 0.29) is 28.9 Å². The van der Waals surface area contributed by atoms with Crippen LogP contribution >= 0.6 is 11.8 Å². The van der Waals surface area contributed by atoms with Crippen molar-refractivity contribution in [1.29, 1.82) is 0 Å². The van der Waals surface area contributed by atoms with E-state index in [4.69, 9.17) is 0 Å². The van der Waals surface area contributed by atoms with Gasteiger partial charge in [-0.1, -0.05) is 30.0 Å². The van der Waals surface area contributed by atoms with Gasteiger partial charge in [0.05, 0.1) is 5.75 Å². The average molecular weight is 456 g/mol. The van der Waals surface area contributed by atoms with Gasteiger partial charge in [-0.15, -0.1) is 10.2 Å². The van der Waals surface area contributed by atoms with Gasteiger partial charge in [0.25, 0.3) is 0 Å². The van der Waals surface area contributed by atoms with Crippen molar-refractivity contribution in [2.75, 3.05) is 5.75 Å². The number of carbonyl (C=O) groups is 2. The van der Waals surface area contributed by atoms with Crippen molar-refractivity contribution < 1.29 is 14.0 Å². The molecule has 2 aromatic carbocycles. The number of hydrogen-bond donors (Lipinski definition) is 2. The molecule has 2 N–H and O–H groups in total. The summed E-state index contributed by atoms with van der Waals surface area (Å²) in [7, 11) is 0. The lowest BCUT2D eigenvalue weighted by Gasteiger charge is -2.23. The minimum atomic E-state index is -0.663. The fraction of sp³-hybridized carbons (Fsp3) is 0.304. The zero-order valence-corrected chi connectivity index (χ0v) is 19.2. The molecule has 0 aliphatic rings. The minimum absolute atomic E-state index is 0.0571. The number of halogens is 1. The second kappa shape index (κ2) is 9.95. The Morgan fingerprint density at radius 3 is 2.34 bits per heavy atom. The largest absolute Gasteiger partial charge is 0.350 e. The highest BCUT2D eigenvalue weighted by Crippen LogP contribution is 2.28. The molecule has 0 saturated heterocycles. The van der Waals surface area contributed by atoms with E-state index in [0.717, 1.165) is 5.69 Å². The first-order chi connectivity index (χ1) is 15.1. The maximum Gasteiger partial charge on any atom is 0.242 e. The molecule has 3 aromatic rings. The van der Waals surface area contributed by atoms with Crippen molar-refractivity contribution in [1.82, 2.24) is 25.4 Å². The van der Waals surface area contributed by atoms with Crippen LogP contribution in [0.15, 0.2) is 59.8 Å². The van der Waals surface area contributed by atoms with E-state index < -0.39 is 6.04 Å². The molecular formula is C23H26FN5O2S. The van der Waals surface area contributed by atoms with Crippen LogP contribution in [0.25, 0.3) is 17.1 Å². The molecule has 0 saturated carbocycles. The van der Waals surface area contributed by atoms with E-state index in [1.54, 1.807) is 19.1 Å². The topological polar surface area (TPSA) is 88.9 Å². The molecule has 1 aromatic heterocycles. The number of para-hydroxylation sites is 1. The average Bonchev–Trinajstić information content (AvgIpc) is 3.16. The molecule has 0 aliphatic heterocycles. The van der Waals surface area contributed by atoms with Gasteiger partial charge in [-0.25, -0.2) is 4.39 Å². The van der Waals surface area contributed by atoms with Gasteiger partial charge >= 0.3 is 0 Å². The lowest BCUT2D eigenvalue weighted by atomic mass is 10.1. The summed E-state index contributed by atoms with van der Waals surface area (Å²) in [5.41, 5.74) is 1.14. The Hall–Kier alpha value is -3.20. The van der Waals surface area contributed by atoms with Crippen LogP contribution in [-0.2, 0) is 9.59 Å². The summed E-state index contributed by atoms with van der Waals surface area (Å²) >= 11 is 1.21. The fourth-order valence-electron chi connectivity index (χ4n) is 2.92. The van der Waals surface area contributed by atoms with Crippen molar-refractivity contribution in [3.05, 3.63) is 60.4 Å². The molecule has 1 unspecified atom stereocenters. The predicted octanol–water partition coefficient (Wildman–Crippen LogP) is 3.58. The van der Waals surface area contributed by atoms with Crippen molar-refractivity contribution in [2.24, 2.45) is 0 Å². The normalized spacial score (nSPS) is 12.3. The van der Waals surface area contributed by atoms with Crippen LogP contribution in [-0.4, -0.2) is 43.9 Å². The standard InChI is InChI=1S/C23H26FN5O2S/c1-15(21(31)26-23(2,3)4)25-19(30)14-32-22-28-27-20(16-10-12-17(24)13-11-16)29(22)18-8-6-5-7-9-18/h5-13,15H,14H2,1-4H3,(H,25,30)(H,26,31). The van der Waals surface area contributed by atoms with Crippen LogP contribution < -0.4 is 10.6 Å². The second-order valence-electron chi connectivity index (χ2n) is 8.30. The molecule has 0 fully saturated rings. The van der Waals surface area contributed by atoms with Gasteiger partial charge in [-0.05, 0) is 64.1 Å². The number of hydrogen-bond acceptors (Lipinski definition) is 5. The number of nitrogens with zero attached hydrogens (tertiary/aromatic N) is 3. The molecule has 7 nitrogen and oxygen atoms in total. The Bertz CT molecular complexity index is 1080. The zero-order chi connectivity index (χ0) is 23.3. The second-order valence-corrected chi connectivity index (χ2v) is 9.24. The van der Waals surface area contributed by atoms with Gasteiger partial charge in [0.1, 0.15) is 11.9 Å². The van der Waals surface area contributed by atoms with Crippen LogP contribution in [0.5, 0.6) is 0 Å². The van der Waals surface area contributed by atoms with Crippen molar-refractivity contribution in [3.63, 3.8) is 0 Å². The van der Waals surface area contributed by atoms with Crippen LogP contribution in [0.4, 0.5) is 4.39 Å². The molecule has 32 heavy (non-hydrogen) atoms. The first kappa shape index (κ1) is 23.5. The molecule has 1 atom stereocenters. The lowest BCUT2D eigenvalue weighted by Crippen LogP contribution is -2.51. The molecule has 0 spiro atoms. The molecule has 2 amide bonds. The van der Waals surface area contributed by atoms with Gasteiger partial charge < -0.3 is 10.6 Å². The summed E-state index contributed by atoms with van der Waals surface area (Å²) in [6.07, 6.45) is 0. The molecule has 3 rings (SSSR count). The maximum atomic E-state index is 13.4. The van der Waals surface area contributed by atoms with Crippen molar-refractivity contribution >= 4 is 23.6 Å². The minimum Gasteiger partial charge on any atom is -0.350 e. The highest BCUT2D eigenvalue weighted by atomic mass is 32.2. The highest BCUT2D eigenvalue weighted by molar-refractivity contribution is 7.99. The van der Waals surface area contributed by atoms with Gasteiger partial charge in [-0.3, -0.25) is 14.2 Å². The third-order valence-corrected chi connectivity index (χ3v) is 5.28. The van der Waals surface area contributed by atoms with Gasteiger partial charge in [0.2, 0.25) is 11.8 Å². The first-order valence-corrected chi connectivity index (χ1v) is 11.1. The molecule has 0 radical (unpaired) electrons. The molecule has 168 valence electrons. The Morgan fingerprint density at radius 1 is 1.06 bits per heavy atom. The zero-order valence-electron chi connectivity index (χ0n) is 18.4. The smallest absolute Gasteiger partial charge is 0.242 e. The highest BCUT2D eigenvalue weighted by Gasteiger charge is 2.22. The SMILES string of the molecule is CC(NC(=O)CSc1nnc(-c2ccc(F)cc2)n1-c1ccccc1)C(=O)NC(C)(C)C. The summed E-state index contributed by atoms with van der Waals surface area (Å²) in [5.74, 6) is -0.284. The monoisotopic (exact) mass is 455 g/mol. The van der Waals surface area contributed by atoms with Crippen LogP contribution in [0.3, 0.4) is 0 Å². The van der Waals surface area contributed by atoms with E-state index in [1.807, 2.05) is 55.7 Å². The number of aromatic nitrogens is 3. The Kier molecular flexibility index (Phi) is 7.29. The van der Waals surface area contributed by atoms with E-state index in [9.17, 15) is 14.0 Å². The molecule has 0 bridgehead atoms. The Morgan fingerprint density at radius 2 is 1.72 bits per heavy atom. The van der Waals surface area contributed by atoms with Crippen molar-refractivity contribution in [3.8, 4) is 17.1 Å². The number of carbonyl (C=O) groups excluding carboxylic acids is 2. The quantitative estimate of drug-likeness (QED) is 0.532. The van der Waals surface area contributed by atoms with Crippen LogP contribution in [0, 0.1) is 5.82 Å². The molecular weight excluding hydrogens is 429 g/mol. The Balaban J connectivity index is 1.76. The first-order valence-electron chi connectivity index (χ1n) is 10.1. The lowest BCUT2D eigenvalue weighted by molar-refractivity contribution is -0.128. The van der Waals surface area contributed by atoms with E-state index in [0.29, 0.717) is 16.5 Å². The molecule has 9 heteroatoms. The van der Waals surface area contributed by atoms with Gasteiger partial charge in [0, 0.05) is 16.8 Å². The predicted molar refractivity (Wildman–Crippen MR) is 123 cm³/mol. The van der Waals surface area contributed by atoms with E-state index in [2.05, 4.69) is 20.8 Å². The number of benzene rings is 2. The third kappa shape index (κ3) is 6.16. The third-order valence-electron chi connectivity index (χ3n) is 4.35. The Labute approximate surface area is 190 Å². The van der Waals surface area contributed by atoms with E-state index >= 15 is 0 Å². The van der Waals surface area contributed by atoms with Crippen molar-refractivity contribution in [2.45, 2.75) is 44.4 Å². The van der Waals surface area contributed by atoms with E-state index in [1.165, 1.54) is 23.9 Å². The number of thioether (sulfide) groups is 1.